The maximum absolute atomic E-state index is 12.0. The van der Waals surface area contributed by atoms with Gasteiger partial charge >= 0.3 is 0 Å². The number of nitrogens with zero attached hydrogens (tertiary/aromatic N) is 1. The van der Waals surface area contributed by atoms with Crippen LogP contribution in [0, 0.1) is 11.8 Å². The molecule has 0 saturated carbocycles. The summed E-state index contributed by atoms with van der Waals surface area (Å²) in [6, 6.07) is 0. The van der Waals surface area contributed by atoms with Crippen LogP contribution >= 0.6 is 15.9 Å². The summed E-state index contributed by atoms with van der Waals surface area (Å²) in [6.07, 6.45) is 0.915. The van der Waals surface area contributed by atoms with Crippen molar-refractivity contribution in [1.82, 2.24) is 4.31 Å². The van der Waals surface area contributed by atoms with Gasteiger partial charge in [-0.15, -0.1) is 0 Å². The Bertz CT molecular complexity index is 303. The fourth-order valence-corrected chi connectivity index (χ4v) is 4.13. The first-order valence-electron chi connectivity index (χ1n) is 5.45. The van der Waals surface area contributed by atoms with Gasteiger partial charge in [-0.05, 0) is 18.3 Å². The summed E-state index contributed by atoms with van der Waals surface area (Å²) in [5.41, 5.74) is 0. The van der Waals surface area contributed by atoms with Crippen LogP contribution in [0.5, 0.6) is 0 Å². The van der Waals surface area contributed by atoms with Crippen LogP contribution < -0.4 is 0 Å². The highest BCUT2D eigenvalue weighted by Crippen LogP contribution is 2.25. The van der Waals surface area contributed by atoms with Gasteiger partial charge in [-0.1, -0.05) is 36.7 Å². The third kappa shape index (κ3) is 3.71. The van der Waals surface area contributed by atoms with Crippen molar-refractivity contribution in [2.45, 2.75) is 32.0 Å². The molecule has 3 nitrogen and oxygen atoms in total. The molecule has 1 aliphatic heterocycles. The van der Waals surface area contributed by atoms with Gasteiger partial charge in [0, 0.05) is 17.9 Å². The van der Waals surface area contributed by atoms with Crippen molar-refractivity contribution < 1.29 is 8.42 Å². The molecular weight excluding hydrogens is 278 g/mol. The standard InChI is InChI=1S/C10H20BrNO2S/c1-8(2)7-15(13,14)12-5-4-10(11)9(3)6-12/h8-10H,4-7H2,1-3H3. The van der Waals surface area contributed by atoms with Gasteiger partial charge in [0.05, 0.1) is 5.75 Å². The molecule has 1 heterocycles. The van der Waals surface area contributed by atoms with E-state index in [1.165, 1.54) is 0 Å². The molecule has 1 aliphatic rings. The number of piperidine rings is 1. The second-order valence-corrected chi connectivity index (χ2v) is 8.00. The van der Waals surface area contributed by atoms with Gasteiger partial charge in [-0.2, -0.15) is 0 Å². The first kappa shape index (κ1) is 13.5. The van der Waals surface area contributed by atoms with Crippen LogP contribution in [0.4, 0.5) is 0 Å². The van der Waals surface area contributed by atoms with E-state index in [0.29, 0.717) is 23.8 Å². The van der Waals surface area contributed by atoms with E-state index in [1.807, 2.05) is 13.8 Å². The molecule has 0 aliphatic carbocycles. The van der Waals surface area contributed by atoms with Gasteiger partial charge in [-0.3, -0.25) is 0 Å². The van der Waals surface area contributed by atoms with Crippen LogP contribution in [0.2, 0.25) is 0 Å². The molecule has 90 valence electrons. The molecule has 1 saturated heterocycles. The Morgan fingerprint density at radius 1 is 1.47 bits per heavy atom. The maximum Gasteiger partial charge on any atom is 0.214 e. The lowest BCUT2D eigenvalue weighted by Gasteiger charge is -2.33. The average Bonchev–Trinajstić information content (AvgIpc) is 2.07. The minimum Gasteiger partial charge on any atom is -0.212 e. The molecule has 1 fully saturated rings. The van der Waals surface area contributed by atoms with Crippen LogP contribution in [0.15, 0.2) is 0 Å². The van der Waals surface area contributed by atoms with E-state index in [2.05, 4.69) is 22.9 Å². The molecule has 2 atom stereocenters. The Labute approximate surface area is 101 Å². The third-order valence-electron chi connectivity index (χ3n) is 2.70. The molecule has 0 aromatic rings. The molecule has 0 spiro atoms. The Balaban J connectivity index is 2.65. The lowest BCUT2D eigenvalue weighted by Crippen LogP contribution is -2.44. The van der Waals surface area contributed by atoms with Gasteiger partial charge in [0.1, 0.15) is 0 Å². The molecular formula is C10H20BrNO2S. The molecule has 0 N–H and O–H groups in total. The molecule has 0 bridgehead atoms. The highest BCUT2D eigenvalue weighted by atomic mass is 79.9. The van der Waals surface area contributed by atoms with Crippen molar-refractivity contribution in [2.75, 3.05) is 18.8 Å². The zero-order valence-corrected chi connectivity index (χ0v) is 12.0. The molecule has 0 aromatic heterocycles. The largest absolute Gasteiger partial charge is 0.214 e. The van der Waals surface area contributed by atoms with E-state index in [9.17, 15) is 8.42 Å². The summed E-state index contributed by atoms with van der Waals surface area (Å²) in [7, 11) is -3.03. The smallest absolute Gasteiger partial charge is 0.212 e. The molecule has 0 aromatic carbocycles. The van der Waals surface area contributed by atoms with E-state index in [0.717, 1.165) is 6.42 Å². The molecule has 1 rings (SSSR count). The SMILES string of the molecule is CC(C)CS(=O)(=O)N1CCC(Br)C(C)C1. The summed E-state index contributed by atoms with van der Waals surface area (Å²) in [6.45, 7) is 7.30. The van der Waals surface area contributed by atoms with Gasteiger partial charge in [0.15, 0.2) is 0 Å². The van der Waals surface area contributed by atoms with Gasteiger partial charge in [0.25, 0.3) is 0 Å². The average molecular weight is 298 g/mol. The Morgan fingerprint density at radius 3 is 2.53 bits per heavy atom. The summed E-state index contributed by atoms with van der Waals surface area (Å²) in [5.74, 6) is 0.875. The van der Waals surface area contributed by atoms with E-state index in [4.69, 9.17) is 0 Å². The topological polar surface area (TPSA) is 37.4 Å². The number of hydrogen-bond donors (Lipinski definition) is 0. The quantitative estimate of drug-likeness (QED) is 0.748. The third-order valence-corrected chi connectivity index (χ3v) is 6.27. The highest BCUT2D eigenvalue weighted by Gasteiger charge is 2.31. The fourth-order valence-electron chi connectivity index (χ4n) is 1.86. The zero-order valence-electron chi connectivity index (χ0n) is 9.61. The van der Waals surface area contributed by atoms with Crippen LogP contribution in [-0.2, 0) is 10.0 Å². The fraction of sp³-hybridized carbons (Fsp3) is 1.00. The van der Waals surface area contributed by atoms with Crippen LogP contribution in [0.25, 0.3) is 0 Å². The monoisotopic (exact) mass is 297 g/mol. The first-order chi connectivity index (χ1) is 6.83. The second kappa shape index (κ2) is 5.15. The van der Waals surface area contributed by atoms with E-state index in [-0.39, 0.29) is 11.7 Å². The van der Waals surface area contributed by atoms with Crippen LogP contribution in [0.1, 0.15) is 27.2 Å². The van der Waals surface area contributed by atoms with E-state index >= 15 is 0 Å². The molecule has 5 heteroatoms. The van der Waals surface area contributed by atoms with Gasteiger partial charge in [-0.25, -0.2) is 12.7 Å². The summed E-state index contributed by atoms with van der Waals surface area (Å²) >= 11 is 3.58. The number of sulfonamides is 1. The predicted octanol–water partition coefficient (Wildman–Crippen LogP) is 2.08. The highest BCUT2D eigenvalue weighted by molar-refractivity contribution is 9.09. The molecule has 0 radical (unpaired) electrons. The minimum absolute atomic E-state index is 0.201. The van der Waals surface area contributed by atoms with Gasteiger partial charge in [0.2, 0.25) is 10.0 Å². The normalized spacial score (nSPS) is 29.7. The maximum atomic E-state index is 12.0. The van der Waals surface area contributed by atoms with Crippen molar-refractivity contribution in [3.63, 3.8) is 0 Å². The van der Waals surface area contributed by atoms with Crippen molar-refractivity contribution in [2.24, 2.45) is 11.8 Å². The second-order valence-electron chi connectivity index (χ2n) is 4.81. The van der Waals surface area contributed by atoms with Crippen LogP contribution in [0.3, 0.4) is 0 Å². The van der Waals surface area contributed by atoms with Crippen molar-refractivity contribution in [3.8, 4) is 0 Å². The van der Waals surface area contributed by atoms with Crippen LogP contribution in [-0.4, -0.2) is 36.4 Å². The van der Waals surface area contributed by atoms with Crippen molar-refractivity contribution >= 4 is 26.0 Å². The molecule has 15 heavy (non-hydrogen) atoms. The molecule has 2 unspecified atom stereocenters. The van der Waals surface area contributed by atoms with E-state index < -0.39 is 10.0 Å². The van der Waals surface area contributed by atoms with E-state index in [1.54, 1.807) is 4.31 Å². The summed E-state index contributed by atoms with van der Waals surface area (Å²) in [4.78, 5) is 0.461. The Kier molecular flexibility index (Phi) is 4.62. The van der Waals surface area contributed by atoms with Crippen molar-refractivity contribution in [3.05, 3.63) is 0 Å². The molecule has 0 amide bonds. The number of halogens is 1. The zero-order chi connectivity index (χ0) is 11.6. The minimum atomic E-state index is -3.03. The summed E-state index contributed by atoms with van der Waals surface area (Å²) < 4.78 is 25.6. The van der Waals surface area contributed by atoms with Gasteiger partial charge < -0.3 is 0 Å². The predicted molar refractivity (Wildman–Crippen MR) is 66.7 cm³/mol. The summed E-state index contributed by atoms with van der Waals surface area (Å²) in [5, 5.41) is 0. The lowest BCUT2D eigenvalue weighted by atomic mass is 10.0. The van der Waals surface area contributed by atoms with Crippen molar-refractivity contribution in [1.29, 1.82) is 0 Å². The first-order valence-corrected chi connectivity index (χ1v) is 7.97. The Hall–Kier alpha value is 0.390. The lowest BCUT2D eigenvalue weighted by molar-refractivity contribution is 0.290. The number of rotatable bonds is 3. The Morgan fingerprint density at radius 2 is 2.07 bits per heavy atom. The number of alkyl halides is 1. The number of hydrogen-bond acceptors (Lipinski definition) is 2.